The minimum absolute atomic E-state index is 0.520. The van der Waals surface area contributed by atoms with Crippen LogP contribution in [0.4, 0.5) is 0 Å². The molecular weight excluding hydrogens is 288 g/mol. The lowest BCUT2D eigenvalue weighted by Gasteiger charge is -2.31. The van der Waals surface area contributed by atoms with Gasteiger partial charge in [0.25, 0.3) is 0 Å². The van der Waals surface area contributed by atoms with Crippen LogP contribution < -0.4 is 0 Å². The van der Waals surface area contributed by atoms with Gasteiger partial charge in [-0.25, -0.2) is 0 Å². The summed E-state index contributed by atoms with van der Waals surface area (Å²) in [7, 11) is 1.98. The van der Waals surface area contributed by atoms with Crippen molar-refractivity contribution in [3.63, 3.8) is 0 Å². The molecular formula is C17H26N6. The largest absolute Gasteiger partial charge is 0.315 e. The van der Waals surface area contributed by atoms with Gasteiger partial charge in [0.2, 0.25) is 0 Å². The molecule has 1 saturated heterocycles. The first-order chi connectivity index (χ1) is 11.3. The van der Waals surface area contributed by atoms with Crippen molar-refractivity contribution < 1.29 is 0 Å². The van der Waals surface area contributed by atoms with Gasteiger partial charge in [-0.2, -0.15) is 5.10 Å². The first-order valence-corrected chi connectivity index (χ1v) is 8.92. The Morgan fingerprint density at radius 3 is 2.96 bits per heavy atom. The van der Waals surface area contributed by atoms with Gasteiger partial charge in [0.05, 0.1) is 5.69 Å². The summed E-state index contributed by atoms with van der Waals surface area (Å²) >= 11 is 0. The zero-order valence-electron chi connectivity index (χ0n) is 14.0. The normalized spacial score (nSPS) is 22.7. The Kier molecular flexibility index (Phi) is 4.16. The van der Waals surface area contributed by atoms with Gasteiger partial charge in [-0.05, 0) is 38.3 Å². The third kappa shape index (κ3) is 3.17. The highest BCUT2D eigenvalue weighted by molar-refractivity contribution is 5.07. The first kappa shape index (κ1) is 14.9. The lowest BCUT2D eigenvalue weighted by atomic mass is 9.97. The Morgan fingerprint density at radius 2 is 2.09 bits per heavy atom. The zero-order chi connectivity index (χ0) is 15.6. The molecule has 1 atom stereocenters. The van der Waals surface area contributed by atoms with Gasteiger partial charge < -0.3 is 4.57 Å². The van der Waals surface area contributed by atoms with Gasteiger partial charge in [-0.1, -0.05) is 6.42 Å². The number of rotatable bonds is 3. The van der Waals surface area contributed by atoms with Gasteiger partial charge >= 0.3 is 0 Å². The lowest BCUT2D eigenvalue weighted by molar-refractivity contribution is 0.192. The van der Waals surface area contributed by atoms with Crippen LogP contribution in [0.25, 0.3) is 0 Å². The van der Waals surface area contributed by atoms with Crippen LogP contribution >= 0.6 is 0 Å². The molecule has 6 nitrogen and oxygen atoms in total. The molecule has 0 aromatic carbocycles. The smallest absolute Gasteiger partial charge is 0.137 e. The maximum atomic E-state index is 4.58. The zero-order valence-corrected chi connectivity index (χ0v) is 14.0. The van der Waals surface area contributed by atoms with Crippen molar-refractivity contribution in [3.05, 3.63) is 29.6 Å². The highest BCUT2D eigenvalue weighted by Crippen LogP contribution is 2.28. The van der Waals surface area contributed by atoms with Crippen molar-refractivity contribution in [2.75, 3.05) is 13.1 Å². The topological polar surface area (TPSA) is 51.8 Å². The van der Waals surface area contributed by atoms with E-state index in [9.17, 15) is 0 Å². The highest BCUT2D eigenvalue weighted by Gasteiger charge is 2.27. The first-order valence-electron chi connectivity index (χ1n) is 8.92. The van der Waals surface area contributed by atoms with E-state index in [2.05, 4.69) is 30.8 Å². The third-order valence-electron chi connectivity index (χ3n) is 5.16. The molecule has 124 valence electrons. The third-order valence-corrected chi connectivity index (χ3v) is 5.16. The number of hydrogen-bond acceptors (Lipinski definition) is 4. The highest BCUT2D eigenvalue weighted by atomic mass is 15.3. The van der Waals surface area contributed by atoms with E-state index in [4.69, 9.17) is 0 Å². The molecule has 23 heavy (non-hydrogen) atoms. The van der Waals surface area contributed by atoms with E-state index in [-0.39, 0.29) is 0 Å². The van der Waals surface area contributed by atoms with E-state index >= 15 is 0 Å². The van der Waals surface area contributed by atoms with Crippen LogP contribution in [0.3, 0.4) is 0 Å². The molecule has 0 aliphatic carbocycles. The monoisotopic (exact) mass is 314 g/mol. The number of piperidine rings is 1. The molecule has 0 radical (unpaired) electrons. The molecule has 2 aliphatic heterocycles. The SMILES string of the molecule is Cn1ccc(CN2CCC[C@H](c3nnc4n3CCCCC4)C2)n1. The van der Waals surface area contributed by atoms with Gasteiger partial charge in [0.1, 0.15) is 11.6 Å². The van der Waals surface area contributed by atoms with Gasteiger partial charge in [0.15, 0.2) is 0 Å². The Morgan fingerprint density at radius 1 is 1.13 bits per heavy atom. The van der Waals surface area contributed by atoms with Gasteiger partial charge in [-0.15, -0.1) is 10.2 Å². The molecule has 4 heterocycles. The van der Waals surface area contributed by atoms with Crippen LogP contribution in [-0.2, 0) is 26.6 Å². The molecule has 2 aromatic heterocycles. The van der Waals surface area contributed by atoms with Crippen LogP contribution in [0.1, 0.15) is 55.4 Å². The molecule has 2 aromatic rings. The second-order valence-electron chi connectivity index (χ2n) is 6.99. The Hall–Kier alpha value is -1.69. The molecule has 4 rings (SSSR count). The molecule has 0 amide bonds. The fraction of sp³-hybridized carbons (Fsp3) is 0.706. The molecule has 0 bridgehead atoms. The fourth-order valence-electron chi connectivity index (χ4n) is 4.00. The summed E-state index contributed by atoms with van der Waals surface area (Å²) in [5.41, 5.74) is 1.16. The molecule has 0 saturated carbocycles. The molecule has 0 spiro atoms. The molecule has 2 aliphatic rings. The van der Waals surface area contributed by atoms with Crippen molar-refractivity contribution >= 4 is 0 Å². The Labute approximate surface area is 137 Å². The van der Waals surface area contributed by atoms with Crippen LogP contribution in [0, 0.1) is 0 Å². The van der Waals surface area contributed by atoms with Gasteiger partial charge in [0, 0.05) is 45.2 Å². The minimum atomic E-state index is 0.520. The molecule has 0 N–H and O–H groups in total. The maximum Gasteiger partial charge on any atom is 0.137 e. The van der Waals surface area contributed by atoms with Crippen molar-refractivity contribution in [1.29, 1.82) is 0 Å². The number of aromatic nitrogens is 5. The second kappa shape index (κ2) is 6.43. The average molecular weight is 314 g/mol. The fourth-order valence-corrected chi connectivity index (χ4v) is 4.00. The summed E-state index contributed by atoms with van der Waals surface area (Å²) in [6.45, 7) is 4.29. The van der Waals surface area contributed by atoms with Crippen LogP contribution in [-0.4, -0.2) is 42.5 Å². The number of fused-ring (bicyclic) bond motifs is 1. The molecule has 0 unspecified atom stereocenters. The standard InChI is InChI=1S/C17H26N6/c1-21-11-8-15(20-21)13-22-9-5-6-14(12-22)17-19-18-16-7-3-2-4-10-23(16)17/h8,11,14H,2-7,9-10,12-13H2,1H3/t14-/m0/s1. The molecule has 6 heteroatoms. The molecule has 1 fully saturated rings. The summed E-state index contributed by atoms with van der Waals surface area (Å²) in [6.07, 6.45) is 9.43. The van der Waals surface area contributed by atoms with Gasteiger partial charge in [-0.3, -0.25) is 9.58 Å². The lowest BCUT2D eigenvalue weighted by Crippen LogP contribution is -2.35. The van der Waals surface area contributed by atoms with E-state index in [1.807, 2.05) is 17.9 Å². The summed E-state index contributed by atoms with van der Waals surface area (Å²) in [5.74, 6) is 2.96. The average Bonchev–Trinajstić information content (AvgIpc) is 3.07. The van der Waals surface area contributed by atoms with Crippen molar-refractivity contribution in [2.24, 2.45) is 7.05 Å². The van der Waals surface area contributed by atoms with Crippen molar-refractivity contribution in [1.82, 2.24) is 29.4 Å². The quantitative estimate of drug-likeness (QED) is 0.871. The van der Waals surface area contributed by atoms with Crippen LogP contribution in [0.15, 0.2) is 12.3 Å². The Balaban J connectivity index is 1.48. The van der Waals surface area contributed by atoms with E-state index < -0.39 is 0 Å². The number of aryl methyl sites for hydroxylation is 2. The van der Waals surface area contributed by atoms with E-state index in [1.165, 1.54) is 43.8 Å². The minimum Gasteiger partial charge on any atom is -0.315 e. The number of hydrogen-bond donors (Lipinski definition) is 0. The van der Waals surface area contributed by atoms with Crippen molar-refractivity contribution in [2.45, 2.75) is 57.5 Å². The van der Waals surface area contributed by atoms with E-state index in [1.54, 1.807) is 0 Å². The van der Waals surface area contributed by atoms with E-state index in [0.717, 1.165) is 38.3 Å². The summed E-state index contributed by atoms with van der Waals surface area (Å²) in [4.78, 5) is 2.52. The predicted molar refractivity (Wildman–Crippen MR) is 88.0 cm³/mol. The maximum absolute atomic E-state index is 4.58. The summed E-state index contributed by atoms with van der Waals surface area (Å²) in [6, 6.07) is 2.12. The van der Waals surface area contributed by atoms with Crippen LogP contribution in [0.2, 0.25) is 0 Å². The summed E-state index contributed by atoms with van der Waals surface area (Å²) in [5, 5.41) is 13.6. The van der Waals surface area contributed by atoms with Crippen molar-refractivity contribution in [3.8, 4) is 0 Å². The predicted octanol–water partition coefficient (Wildman–Crippen LogP) is 2.12. The second-order valence-corrected chi connectivity index (χ2v) is 6.99. The number of likely N-dealkylation sites (tertiary alicyclic amines) is 1. The van der Waals surface area contributed by atoms with Crippen LogP contribution in [0.5, 0.6) is 0 Å². The number of nitrogens with zero attached hydrogens (tertiary/aromatic N) is 6. The summed E-state index contributed by atoms with van der Waals surface area (Å²) < 4.78 is 4.30. The Bertz CT molecular complexity index is 658. The van der Waals surface area contributed by atoms with E-state index in [0.29, 0.717) is 5.92 Å².